The highest BCUT2D eigenvalue weighted by Gasteiger charge is 2.24. The van der Waals surface area contributed by atoms with E-state index >= 15 is 0 Å². The maximum atomic E-state index is 5.61. The van der Waals surface area contributed by atoms with Crippen molar-refractivity contribution in [1.29, 1.82) is 0 Å². The number of hydrogen-bond acceptors (Lipinski definition) is 5. The molecule has 5 heteroatoms. The highest BCUT2D eigenvalue weighted by Crippen LogP contribution is 2.30. The number of rotatable bonds is 5. The largest absolute Gasteiger partial charge is 0.407 e. The summed E-state index contributed by atoms with van der Waals surface area (Å²) < 4.78 is 5.61. The van der Waals surface area contributed by atoms with E-state index in [1.807, 2.05) is 0 Å². The third-order valence-corrected chi connectivity index (χ3v) is 3.63. The van der Waals surface area contributed by atoms with Gasteiger partial charge in [-0.05, 0) is 31.1 Å². The van der Waals surface area contributed by atoms with Gasteiger partial charge in [0, 0.05) is 12.1 Å². The first-order chi connectivity index (χ1) is 9.02. The zero-order chi connectivity index (χ0) is 13.8. The minimum atomic E-state index is 0.420. The van der Waals surface area contributed by atoms with Crippen molar-refractivity contribution in [3.63, 3.8) is 0 Å². The summed E-state index contributed by atoms with van der Waals surface area (Å²) in [6.07, 6.45) is 3.70. The standard InChI is InChI=1S/C14H26N4O/c1-9(2)15-8-13-17-18-14(19-13)16-12-6-10(3)5-11(4)7-12/h9-12,15H,5-8H2,1-4H3,(H,16,18). The van der Waals surface area contributed by atoms with E-state index in [-0.39, 0.29) is 0 Å². The summed E-state index contributed by atoms with van der Waals surface area (Å²) in [5.74, 6) is 2.19. The van der Waals surface area contributed by atoms with Crippen molar-refractivity contribution in [2.24, 2.45) is 11.8 Å². The molecule has 2 atom stereocenters. The Bertz CT molecular complexity index is 381. The molecule has 1 aliphatic carbocycles. The molecule has 0 aromatic carbocycles. The summed E-state index contributed by atoms with van der Waals surface area (Å²) in [7, 11) is 0. The number of nitrogens with one attached hydrogen (secondary N) is 2. The Labute approximate surface area is 115 Å². The molecule has 0 spiro atoms. The van der Waals surface area contributed by atoms with Gasteiger partial charge in [0.05, 0.1) is 6.54 Å². The van der Waals surface area contributed by atoms with Crippen LogP contribution in [-0.4, -0.2) is 22.3 Å². The molecule has 1 aromatic rings. The Balaban J connectivity index is 1.85. The van der Waals surface area contributed by atoms with Crippen LogP contribution in [0.3, 0.4) is 0 Å². The molecule has 0 radical (unpaired) electrons. The van der Waals surface area contributed by atoms with Gasteiger partial charge in [-0.25, -0.2) is 0 Å². The topological polar surface area (TPSA) is 63.0 Å². The molecule has 1 aliphatic rings. The van der Waals surface area contributed by atoms with E-state index in [0.29, 0.717) is 30.5 Å². The third kappa shape index (κ3) is 4.49. The molecule has 2 rings (SSSR count). The van der Waals surface area contributed by atoms with E-state index in [9.17, 15) is 0 Å². The van der Waals surface area contributed by atoms with E-state index in [2.05, 4.69) is 48.5 Å². The lowest BCUT2D eigenvalue weighted by Crippen LogP contribution is -2.30. The summed E-state index contributed by atoms with van der Waals surface area (Å²) in [6, 6.07) is 1.44. The number of aromatic nitrogens is 2. The summed E-state index contributed by atoms with van der Waals surface area (Å²) in [5, 5.41) is 14.8. The van der Waals surface area contributed by atoms with Gasteiger partial charge in [-0.15, -0.1) is 5.10 Å². The zero-order valence-electron chi connectivity index (χ0n) is 12.4. The Hall–Kier alpha value is -1.10. The summed E-state index contributed by atoms with van der Waals surface area (Å²) in [6.45, 7) is 9.46. The normalized spacial score (nSPS) is 27.7. The molecule has 1 fully saturated rings. The van der Waals surface area contributed by atoms with Crippen molar-refractivity contribution in [3.8, 4) is 0 Å². The Morgan fingerprint density at radius 3 is 2.47 bits per heavy atom. The summed E-state index contributed by atoms with van der Waals surface area (Å²) >= 11 is 0. The molecular weight excluding hydrogens is 240 g/mol. The fourth-order valence-electron chi connectivity index (χ4n) is 2.91. The lowest BCUT2D eigenvalue weighted by molar-refractivity contribution is 0.277. The second-order valence-electron chi connectivity index (χ2n) is 6.30. The number of nitrogens with zero attached hydrogens (tertiary/aromatic N) is 2. The Morgan fingerprint density at radius 2 is 1.84 bits per heavy atom. The van der Waals surface area contributed by atoms with Gasteiger partial charge < -0.3 is 15.1 Å². The van der Waals surface area contributed by atoms with Gasteiger partial charge >= 0.3 is 6.01 Å². The maximum Gasteiger partial charge on any atom is 0.315 e. The average Bonchev–Trinajstić information content (AvgIpc) is 2.72. The predicted octanol–water partition coefficient (Wildman–Crippen LogP) is 2.80. The highest BCUT2D eigenvalue weighted by atomic mass is 16.4. The predicted molar refractivity (Wildman–Crippen MR) is 75.9 cm³/mol. The number of hydrogen-bond donors (Lipinski definition) is 2. The van der Waals surface area contributed by atoms with Crippen molar-refractivity contribution in [3.05, 3.63) is 5.89 Å². The molecule has 2 unspecified atom stereocenters. The van der Waals surface area contributed by atoms with Crippen LogP contribution in [0, 0.1) is 11.8 Å². The lowest BCUT2D eigenvalue weighted by Gasteiger charge is -2.31. The first-order valence-corrected chi connectivity index (χ1v) is 7.35. The average molecular weight is 266 g/mol. The van der Waals surface area contributed by atoms with E-state index in [0.717, 1.165) is 11.8 Å². The van der Waals surface area contributed by atoms with E-state index in [1.54, 1.807) is 0 Å². The molecule has 19 heavy (non-hydrogen) atoms. The first kappa shape index (κ1) is 14.3. The van der Waals surface area contributed by atoms with Gasteiger partial charge in [0.25, 0.3) is 0 Å². The zero-order valence-corrected chi connectivity index (χ0v) is 12.4. The molecule has 1 heterocycles. The second-order valence-corrected chi connectivity index (χ2v) is 6.30. The quantitative estimate of drug-likeness (QED) is 0.858. The Morgan fingerprint density at radius 1 is 1.16 bits per heavy atom. The van der Waals surface area contributed by atoms with Crippen LogP contribution in [0.1, 0.15) is 52.8 Å². The molecule has 1 saturated carbocycles. The monoisotopic (exact) mass is 266 g/mol. The van der Waals surface area contributed by atoms with Crippen LogP contribution in [0.5, 0.6) is 0 Å². The van der Waals surface area contributed by atoms with Gasteiger partial charge in [0.2, 0.25) is 5.89 Å². The SMILES string of the molecule is CC1CC(C)CC(Nc2nnc(CNC(C)C)o2)C1. The maximum absolute atomic E-state index is 5.61. The molecule has 2 N–H and O–H groups in total. The van der Waals surface area contributed by atoms with E-state index in [1.165, 1.54) is 19.3 Å². The minimum absolute atomic E-state index is 0.420. The van der Waals surface area contributed by atoms with Gasteiger partial charge in [-0.2, -0.15) is 0 Å². The van der Waals surface area contributed by atoms with Gasteiger partial charge in [-0.3, -0.25) is 0 Å². The summed E-state index contributed by atoms with van der Waals surface area (Å²) in [4.78, 5) is 0. The van der Waals surface area contributed by atoms with Crippen molar-refractivity contribution < 1.29 is 4.42 Å². The second kappa shape index (κ2) is 6.37. The third-order valence-electron chi connectivity index (χ3n) is 3.63. The van der Waals surface area contributed by atoms with Crippen LogP contribution in [0.2, 0.25) is 0 Å². The van der Waals surface area contributed by atoms with Crippen molar-refractivity contribution in [2.45, 2.75) is 65.6 Å². The van der Waals surface area contributed by atoms with Gasteiger partial charge in [-0.1, -0.05) is 32.8 Å². The van der Waals surface area contributed by atoms with Crippen LogP contribution < -0.4 is 10.6 Å². The van der Waals surface area contributed by atoms with E-state index < -0.39 is 0 Å². The molecule has 0 aliphatic heterocycles. The highest BCUT2D eigenvalue weighted by molar-refractivity contribution is 5.20. The minimum Gasteiger partial charge on any atom is -0.407 e. The summed E-state index contributed by atoms with van der Waals surface area (Å²) in [5.41, 5.74) is 0. The smallest absolute Gasteiger partial charge is 0.315 e. The fourth-order valence-corrected chi connectivity index (χ4v) is 2.91. The Kier molecular flexibility index (Phi) is 4.80. The van der Waals surface area contributed by atoms with Crippen LogP contribution >= 0.6 is 0 Å². The molecule has 0 saturated heterocycles. The first-order valence-electron chi connectivity index (χ1n) is 7.35. The van der Waals surface area contributed by atoms with E-state index in [4.69, 9.17) is 4.42 Å². The van der Waals surface area contributed by atoms with Crippen LogP contribution in [0.15, 0.2) is 4.42 Å². The molecule has 108 valence electrons. The van der Waals surface area contributed by atoms with Gasteiger partial charge in [0.1, 0.15) is 0 Å². The van der Waals surface area contributed by atoms with Crippen molar-refractivity contribution in [1.82, 2.24) is 15.5 Å². The fraction of sp³-hybridized carbons (Fsp3) is 0.857. The van der Waals surface area contributed by atoms with Crippen molar-refractivity contribution in [2.75, 3.05) is 5.32 Å². The molecular formula is C14H26N4O. The molecule has 0 bridgehead atoms. The van der Waals surface area contributed by atoms with Crippen LogP contribution in [-0.2, 0) is 6.54 Å². The molecule has 5 nitrogen and oxygen atoms in total. The molecule has 0 amide bonds. The molecule has 1 aromatic heterocycles. The van der Waals surface area contributed by atoms with Crippen LogP contribution in [0.25, 0.3) is 0 Å². The van der Waals surface area contributed by atoms with Gasteiger partial charge in [0.15, 0.2) is 0 Å². The lowest BCUT2D eigenvalue weighted by atomic mass is 9.80. The number of anilines is 1. The van der Waals surface area contributed by atoms with Crippen molar-refractivity contribution >= 4 is 6.01 Å². The van der Waals surface area contributed by atoms with Crippen LogP contribution in [0.4, 0.5) is 6.01 Å².